The van der Waals surface area contributed by atoms with Crippen molar-refractivity contribution in [3.05, 3.63) is 34.6 Å². The van der Waals surface area contributed by atoms with Gasteiger partial charge < -0.3 is 10.1 Å². The van der Waals surface area contributed by atoms with E-state index in [4.69, 9.17) is 4.74 Å². The van der Waals surface area contributed by atoms with E-state index < -0.39 is 0 Å². The van der Waals surface area contributed by atoms with Crippen LogP contribution in [0.2, 0.25) is 0 Å². The van der Waals surface area contributed by atoms with Crippen molar-refractivity contribution in [2.45, 2.75) is 52.8 Å². The highest BCUT2D eigenvalue weighted by molar-refractivity contribution is 7.15. The van der Waals surface area contributed by atoms with E-state index in [1.165, 1.54) is 18.3 Å². The van der Waals surface area contributed by atoms with E-state index in [9.17, 15) is 4.79 Å². The highest BCUT2D eigenvalue weighted by atomic mass is 32.1. The minimum absolute atomic E-state index is 0.0909. The second-order valence-corrected chi connectivity index (χ2v) is 7.77. The maximum absolute atomic E-state index is 11.1. The van der Waals surface area contributed by atoms with Gasteiger partial charge in [0.2, 0.25) is 5.91 Å². The maximum Gasteiger partial charge on any atom is 0.223 e. The lowest BCUT2D eigenvalue weighted by molar-refractivity contribution is -0.114. The molecular weight excluding hydrogens is 336 g/mol. The van der Waals surface area contributed by atoms with Crippen molar-refractivity contribution in [1.29, 1.82) is 0 Å². The summed E-state index contributed by atoms with van der Waals surface area (Å²) in [5, 5.41) is 3.39. The molecule has 0 saturated carbocycles. The molecule has 2 atom stereocenters. The largest absolute Gasteiger partial charge is 0.489 e. The van der Waals surface area contributed by atoms with Gasteiger partial charge >= 0.3 is 0 Å². The van der Waals surface area contributed by atoms with Crippen molar-refractivity contribution in [2.75, 3.05) is 11.9 Å². The molecule has 25 heavy (non-hydrogen) atoms. The Hall–Kier alpha value is -1.99. The maximum atomic E-state index is 11.1. The van der Waals surface area contributed by atoms with Crippen LogP contribution in [0.3, 0.4) is 0 Å². The van der Waals surface area contributed by atoms with Gasteiger partial charge in [0.05, 0.1) is 0 Å². The minimum Gasteiger partial charge on any atom is -0.489 e. The van der Waals surface area contributed by atoms with E-state index in [1.807, 2.05) is 32.2 Å². The second-order valence-electron chi connectivity index (χ2n) is 6.65. The molecule has 2 aromatic heterocycles. The van der Waals surface area contributed by atoms with Crippen molar-refractivity contribution < 1.29 is 9.53 Å². The fourth-order valence-electron chi connectivity index (χ4n) is 3.20. The summed E-state index contributed by atoms with van der Waals surface area (Å²) in [6.07, 6.45) is 3.02. The van der Waals surface area contributed by atoms with Crippen molar-refractivity contribution in [1.82, 2.24) is 14.9 Å². The summed E-state index contributed by atoms with van der Waals surface area (Å²) in [6.45, 7) is 9.40. The first-order valence-corrected chi connectivity index (χ1v) is 9.29. The Morgan fingerprint density at radius 3 is 2.80 bits per heavy atom. The topological polar surface area (TPSA) is 67.4 Å². The number of pyridine rings is 1. The molecule has 1 fully saturated rings. The number of anilines is 1. The van der Waals surface area contributed by atoms with E-state index in [-0.39, 0.29) is 12.0 Å². The predicted molar refractivity (Wildman–Crippen MR) is 99.0 cm³/mol. The zero-order chi connectivity index (χ0) is 18.0. The first-order valence-electron chi connectivity index (χ1n) is 8.47. The van der Waals surface area contributed by atoms with Crippen LogP contribution in [-0.4, -0.2) is 39.5 Å². The van der Waals surface area contributed by atoms with E-state index >= 15 is 0 Å². The SMILES string of the molecule is CC(=O)Nc1ncc(CN2C[C@H](Oc3cc(C)nc(C)c3)C[C@@H]2C)s1. The van der Waals surface area contributed by atoms with Crippen LogP contribution in [0, 0.1) is 13.8 Å². The number of rotatable bonds is 5. The van der Waals surface area contributed by atoms with Crippen LogP contribution in [0.25, 0.3) is 0 Å². The molecule has 0 spiro atoms. The molecule has 1 N–H and O–H groups in total. The van der Waals surface area contributed by atoms with E-state index in [2.05, 4.69) is 27.1 Å². The Morgan fingerprint density at radius 2 is 2.12 bits per heavy atom. The van der Waals surface area contributed by atoms with Gasteiger partial charge in [-0.3, -0.25) is 14.7 Å². The van der Waals surface area contributed by atoms with Gasteiger partial charge in [-0.15, -0.1) is 11.3 Å². The van der Waals surface area contributed by atoms with Gasteiger partial charge in [0, 0.05) is 67.1 Å². The molecule has 7 heteroatoms. The van der Waals surface area contributed by atoms with Crippen LogP contribution < -0.4 is 10.1 Å². The third kappa shape index (κ3) is 4.76. The number of carbonyl (C=O) groups is 1. The number of hydrogen-bond donors (Lipinski definition) is 1. The van der Waals surface area contributed by atoms with Gasteiger partial charge in [-0.05, 0) is 20.8 Å². The Bertz CT molecular complexity index is 741. The zero-order valence-electron chi connectivity index (χ0n) is 15.1. The number of nitrogens with one attached hydrogen (secondary N) is 1. The third-order valence-corrected chi connectivity index (χ3v) is 5.12. The number of hydrogen-bond acceptors (Lipinski definition) is 6. The molecule has 1 aliphatic heterocycles. The fraction of sp³-hybridized carbons (Fsp3) is 0.500. The van der Waals surface area contributed by atoms with E-state index in [0.29, 0.717) is 11.2 Å². The number of aryl methyl sites for hydroxylation is 2. The highest BCUT2D eigenvalue weighted by Crippen LogP contribution is 2.27. The average Bonchev–Trinajstić information content (AvgIpc) is 3.05. The van der Waals surface area contributed by atoms with Crippen molar-refractivity contribution in [2.24, 2.45) is 0 Å². The number of amides is 1. The van der Waals surface area contributed by atoms with Gasteiger partial charge in [-0.2, -0.15) is 0 Å². The van der Waals surface area contributed by atoms with Crippen molar-refractivity contribution in [3.8, 4) is 5.75 Å². The second kappa shape index (κ2) is 7.49. The van der Waals surface area contributed by atoms with Crippen LogP contribution in [0.5, 0.6) is 5.75 Å². The van der Waals surface area contributed by atoms with Gasteiger partial charge in [0.25, 0.3) is 0 Å². The summed E-state index contributed by atoms with van der Waals surface area (Å²) in [5.41, 5.74) is 1.96. The fourth-order valence-corrected chi connectivity index (χ4v) is 4.08. The summed E-state index contributed by atoms with van der Waals surface area (Å²) in [7, 11) is 0. The first-order chi connectivity index (χ1) is 11.9. The van der Waals surface area contributed by atoms with E-state index in [1.54, 1.807) is 0 Å². The molecule has 2 aromatic rings. The summed E-state index contributed by atoms with van der Waals surface area (Å²) < 4.78 is 6.18. The lowest BCUT2D eigenvalue weighted by Crippen LogP contribution is -2.27. The zero-order valence-corrected chi connectivity index (χ0v) is 15.9. The lowest BCUT2D eigenvalue weighted by Gasteiger charge is -2.19. The normalized spacial score (nSPS) is 20.6. The monoisotopic (exact) mass is 360 g/mol. The Morgan fingerprint density at radius 1 is 1.40 bits per heavy atom. The Kier molecular flexibility index (Phi) is 5.34. The molecule has 0 bridgehead atoms. The molecule has 1 saturated heterocycles. The molecule has 0 unspecified atom stereocenters. The van der Waals surface area contributed by atoms with Crippen LogP contribution in [0.4, 0.5) is 5.13 Å². The van der Waals surface area contributed by atoms with Crippen molar-refractivity contribution in [3.63, 3.8) is 0 Å². The summed E-state index contributed by atoms with van der Waals surface area (Å²) in [4.78, 5) is 23.3. The summed E-state index contributed by atoms with van der Waals surface area (Å²) >= 11 is 1.53. The van der Waals surface area contributed by atoms with Gasteiger partial charge in [0.15, 0.2) is 5.13 Å². The highest BCUT2D eigenvalue weighted by Gasteiger charge is 2.30. The molecule has 3 heterocycles. The van der Waals surface area contributed by atoms with Gasteiger partial charge in [-0.25, -0.2) is 4.98 Å². The quantitative estimate of drug-likeness (QED) is 0.887. The average molecular weight is 360 g/mol. The van der Waals surface area contributed by atoms with E-state index in [0.717, 1.165) is 41.5 Å². The summed E-state index contributed by atoms with van der Waals surface area (Å²) in [6, 6.07) is 4.42. The molecule has 134 valence electrons. The van der Waals surface area contributed by atoms with Crippen LogP contribution in [0.15, 0.2) is 18.3 Å². The molecule has 0 aromatic carbocycles. The molecule has 0 aliphatic carbocycles. The molecule has 0 radical (unpaired) electrons. The third-order valence-electron chi connectivity index (χ3n) is 4.22. The van der Waals surface area contributed by atoms with Crippen molar-refractivity contribution >= 4 is 22.4 Å². The Labute approximate surface area is 152 Å². The molecule has 1 aliphatic rings. The Balaban J connectivity index is 1.59. The number of ether oxygens (including phenoxy) is 1. The number of aromatic nitrogens is 2. The predicted octanol–water partition coefficient (Wildman–Crippen LogP) is 3.16. The smallest absolute Gasteiger partial charge is 0.223 e. The first kappa shape index (κ1) is 17.8. The lowest BCUT2D eigenvalue weighted by atomic mass is 10.2. The van der Waals surface area contributed by atoms with Gasteiger partial charge in [-0.1, -0.05) is 0 Å². The minimum atomic E-state index is -0.0909. The van der Waals surface area contributed by atoms with Crippen LogP contribution in [-0.2, 0) is 11.3 Å². The van der Waals surface area contributed by atoms with Crippen LogP contribution in [0.1, 0.15) is 36.5 Å². The number of thiazole rings is 1. The van der Waals surface area contributed by atoms with Gasteiger partial charge in [0.1, 0.15) is 11.9 Å². The molecular formula is C18H24N4O2S. The number of carbonyl (C=O) groups excluding carboxylic acids is 1. The standard InChI is InChI=1S/C18H24N4O2S/c1-11-5-15(6-12(2)20-11)24-16-7-13(3)22(9-16)10-17-8-19-18(25-17)21-14(4)23/h5-6,8,13,16H,7,9-10H2,1-4H3,(H,19,21,23)/t13-,16+/m0/s1. The number of likely N-dealkylation sites (tertiary alicyclic amines) is 1. The van der Waals surface area contributed by atoms with Crippen LogP contribution >= 0.6 is 11.3 Å². The summed E-state index contributed by atoms with van der Waals surface area (Å²) in [5.74, 6) is 0.807. The number of nitrogens with zero attached hydrogens (tertiary/aromatic N) is 3. The molecule has 3 rings (SSSR count). The molecule has 6 nitrogen and oxygen atoms in total. The molecule has 1 amide bonds.